The number of nitrogens with zero attached hydrogens (tertiary/aromatic N) is 10. The molecule has 8 aromatic carbocycles. The molecule has 10 N–H and O–H groups in total. The van der Waals surface area contributed by atoms with E-state index in [1.54, 1.807) is 72.8 Å². The molecule has 0 aliphatic carbocycles. The van der Waals surface area contributed by atoms with Crippen molar-refractivity contribution in [1.29, 1.82) is 0 Å². The van der Waals surface area contributed by atoms with Crippen molar-refractivity contribution in [1.82, 2.24) is 20.8 Å². The van der Waals surface area contributed by atoms with Crippen LogP contribution in [-0.4, -0.2) is 246 Å². The maximum Gasteiger partial charge on any atom is 0.444 e. The van der Waals surface area contributed by atoms with Gasteiger partial charge in [-0.1, -0.05) is 97.1 Å². The van der Waals surface area contributed by atoms with Crippen LogP contribution in [0.1, 0.15) is 121 Å². The predicted octanol–water partition coefficient (Wildman–Crippen LogP) is 5.20. The Bertz CT molecular complexity index is 6520. The molecule has 0 aromatic heterocycles. The van der Waals surface area contributed by atoms with Gasteiger partial charge in [0.25, 0.3) is 23.6 Å². The van der Waals surface area contributed by atoms with Crippen LogP contribution in [0.3, 0.4) is 0 Å². The molecule has 10 aliphatic rings. The van der Waals surface area contributed by atoms with Gasteiger partial charge in [-0.25, -0.2) is 48.4 Å². The van der Waals surface area contributed by atoms with Gasteiger partial charge in [-0.15, -0.1) is 10.1 Å². The second-order valence-electron chi connectivity index (χ2n) is 30.8. The minimum Gasteiger partial charge on any atom is -0.480 e. The third-order valence-corrected chi connectivity index (χ3v) is 22.2. The van der Waals surface area contributed by atoms with Crippen LogP contribution in [0.15, 0.2) is 240 Å². The molecule has 8 aromatic rings. The zero-order chi connectivity index (χ0) is 100. The molecule has 712 valence electrons. The average molecular weight is 1910 g/mol. The second-order valence-corrected chi connectivity index (χ2v) is 30.8. The number of fused-ring (bicyclic) bond motifs is 8. The van der Waals surface area contributed by atoms with E-state index < -0.39 is 217 Å². The normalized spacial score (nSPS) is 18.1. The summed E-state index contributed by atoms with van der Waals surface area (Å²) in [5.41, 5.74) is -2.22. The van der Waals surface area contributed by atoms with Crippen molar-refractivity contribution in [2.75, 3.05) is 91.9 Å². The Morgan fingerprint density at radius 2 is 0.471 bits per heavy atom. The number of ether oxygens (including phenoxy) is 2. The maximum absolute atomic E-state index is 13.7. The van der Waals surface area contributed by atoms with Gasteiger partial charge < -0.3 is 70.6 Å². The van der Waals surface area contributed by atoms with E-state index in [4.69, 9.17) is 39.6 Å². The van der Waals surface area contributed by atoms with Crippen LogP contribution < -0.4 is 49.8 Å². The van der Waals surface area contributed by atoms with Gasteiger partial charge in [-0.3, -0.25) is 96.3 Å². The fraction of sp³-hybridized carbons (Fsp3) is 0.170. The molecule has 10 heterocycles. The summed E-state index contributed by atoms with van der Waals surface area (Å²) in [6.07, 6.45) is -9.31. The molecule has 0 radical (unpaired) electrons. The lowest BCUT2D eigenvalue weighted by Crippen LogP contribution is -2.45. The Kier molecular flexibility index (Phi) is 27.5. The van der Waals surface area contributed by atoms with E-state index in [0.29, 0.717) is 9.80 Å². The van der Waals surface area contributed by atoms with Crippen molar-refractivity contribution in [3.8, 4) is 0 Å². The molecule has 2 atom stereocenters. The highest BCUT2D eigenvalue weighted by molar-refractivity contribution is 6.38. The molecule has 140 heavy (non-hydrogen) atoms. The first-order chi connectivity index (χ1) is 67.2. The van der Waals surface area contributed by atoms with Crippen LogP contribution in [0.25, 0.3) is 0 Å². The van der Waals surface area contributed by atoms with Crippen molar-refractivity contribution in [2.45, 2.75) is 50.7 Å². The van der Waals surface area contributed by atoms with Gasteiger partial charge in [0.1, 0.15) is 71.9 Å². The van der Waals surface area contributed by atoms with E-state index in [1.807, 2.05) is 0 Å². The molecule has 0 bridgehead atoms. The van der Waals surface area contributed by atoms with Gasteiger partial charge in [0, 0.05) is 70.2 Å². The Labute approximate surface area is 785 Å². The summed E-state index contributed by atoms with van der Waals surface area (Å²) in [5, 5.41) is 78.8. The molecule has 10 aliphatic heterocycles. The monoisotopic (exact) mass is 1910 g/mol. The minimum atomic E-state index is -1.39. The molecule has 0 saturated carbocycles. The quantitative estimate of drug-likeness (QED) is 0.0439. The molecule has 2 unspecified atom stereocenters. The minimum absolute atomic E-state index is 0.0389. The fourth-order valence-corrected chi connectivity index (χ4v) is 16.2. The van der Waals surface area contributed by atoms with Crippen LogP contribution in [0, 0.1) is 0 Å². The van der Waals surface area contributed by atoms with E-state index in [2.05, 4.69) is 10.6 Å². The molecular weight excluding hydrogens is 1840 g/mol. The van der Waals surface area contributed by atoms with Crippen molar-refractivity contribution in [2.24, 2.45) is 0 Å². The predicted molar refractivity (Wildman–Crippen MR) is 474 cm³/mol. The van der Waals surface area contributed by atoms with Gasteiger partial charge >= 0.3 is 48.4 Å². The number of aliphatic hydroxyl groups is 6. The summed E-state index contributed by atoms with van der Waals surface area (Å²) in [4.78, 5) is 300. The first-order valence-electron chi connectivity index (χ1n) is 42.0. The number of anilines is 8. The van der Waals surface area contributed by atoms with Gasteiger partial charge in [-0.2, -0.15) is 0 Å². The highest BCUT2D eigenvalue weighted by Gasteiger charge is 2.54. The van der Waals surface area contributed by atoms with E-state index in [-0.39, 0.29) is 162 Å². The van der Waals surface area contributed by atoms with Crippen LogP contribution in [-0.2, 0) is 57.5 Å². The number of carbonyl (C=O) groups is 22. The standard InChI is InChI=1S/C26H16N4O10.C24H22N2O8.C22H16N4O8.C22H18N2O8/c31-17-9-10-18(32)29(17)39-25(37)27-15-7-3-1-5-13(15)23(35)21(27)22-24(36)14-6-2-4-8-16(14)28(22)26(38)40-30-19(33)11-12-20(30)34;27-11-13(29)9-19(31)25-17-7-3-1-5-15(17)23(33)21(25)22-24(34)16-6-2-4-8-18(16)26(22)20(32)10-14(30)12-28;27-15(28)9-23-21(33)25-13-7-3-1-5-11(13)19(31)17(25)18-20(32)12-6-2-4-8-14(12)26(18)22(34)24-10-16(29)30;25-9-11-31-21(29)23-15-7-3-1-5-13(15)19(27)17(23)18-20(28)14-6-2-4-8-16(14)24(18)22(30)32-12-10-26/h1-8H,9-12H2;1-8,13-14,27-30H,9-12H2;1-8H,9-10H2,(H,23,33)(H,24,34)(H,27,28)(H,29,30);1-8,25-26H,9-12H2/b2*22-21+;2*18-17+. The summed E-state index contributed by atoms with van der Waals surface area (Å²) in [6.45, 7) is -4.42. The van der Waals surface area contributed by atoms with Crippen molar-refractivity contribution < 1.29 is 165 Å². The molecule has 2 saturated heterocycles. The Morgan fingerprint density at radius 1 is 0.279 bits per heavy atom. The van der Waals surface area contributed by atoms with Crippen LogP contribution >= 0.6 is 0 Å². The topological polar surface area (TPSA) is 631 Å². The van der Waals surface area contributed by atoms with Crippen molar-refractivity contribution in [3.63, 3.8) is 0 Å². The SMILES string of the molecule is O=C(O)CNC(=O)N1/C(=C2\C(=O)c3ccccc3N2C(=O)NCC(=O)O)C(=O)c2ccccc21.O=C1/C(=C2/C(=O)c3ccccc3N2C(=O)CC(O)CO)N(C(=O)CC(O)CO)c2ccccc21.O=C1/C(=C2/C(=O)c3ccccc3N2C(=O)OCCO)N(C(=O)OCCO)c2ccccc21.O=C1/C(=C2/C(=O)c3ccccc3N2C(=O)ON2C(=O)CCC2=O)N(C(=O)ON2C(=O)CCC2=O)c2ccccc21. The molecule has 46 nitrogen and oxygen atoms in total. The number of benzene rings is 8. The lowest BCUT2D eigenvalue weighted by atomic mass is 10.1. The summed E-state index contributed by atoms with van der Waals surface area (Å²) in [6, 6.07) is 46.0. The lowest BCUT2D eigenvalue weighted by Gasteiger charge is -2.25. The first-order valence-corrected chi connectivity index (χ1v) is 42.0. The summed E-state index contributed by atoms with van der Waals surface area (Å²) < 4.78 is 10.0. The zero-order valence-electron chi connectivity index (χ0n) is 72.2. The van der Waals surface area contributed by atoms with E-state index in [0.717, 1.165) is 29.4 Å². The average Bonchev–Trinajstić information content (AvgIpc) is 1.58. The fourth-order valence-electron chi connectivity index (χ4n) is 16.2. The third kappa shape index (κ3) is 17.6. The first kappa shape index (κ1) is 96.2. The number of rotatable bonds is 16. The number of hydroxylamine groups is 4. The van der Waals surface area contributed by atoms with Crippen LogP contribution in [0.5, 0.6) is 0 Å². The number of ketones is 8. The van der Waals surface area contributed by atoms with E-state index >= 15 is 0 Å². The Morgan fingerprint density at radius 3 is 0.686 bits per heavy atom. The third-order valence-electron chi connectivity index (χ3n) is 22.2. The number of carboxylic acid groups (broad SMARTS) is 2. The molecule has 2 fully saturated rings. The number of amides is 14. The molecule has 14 amide bonds. The number of aliphatic hydroxyl groups excluding tert-OH is 6. The number of carboxylic acids is 2. The number of urea groups is 2. The zero-order valence-corrected chi connectivity index (χ0v) is 72.2. The number of imide groups is 2. The van der Waals surface area contributed by atoms with E-state index in [9.17, 15) is 126 Å². The number of nitrogens with one attached hydrogen (secondary N) is 2. The summed E-state index contributed by atoms with van der Waals surface area (Å²) in [5.74, 6) is -13.1. The molecule has 18 rings (SSSR count). The smallest absolute Gasteiger partial charge is 0.444 e. The highest BCUT2D eigenvalue weighted by atomic mass is 16.7. The number of allylic oxidation sites excluding steroid dienone is 8. The summed E-state index contributed by atoms with van der Waals surface area (Å²) >= 11 is 0. The van der Waals surface area contributed by atoms with Crippen LogP contribution in [0.2, 0.25) is 0 Å². The number of para-hydroxylation sites is 8. The number of hydrogen-bond acceptors (Lipinski definition) is 32. The Balaban J connectivity index is 0.000000142. The number of aliphatic carboxylic acids is 2. The van der Waals surface area contributed by atoms with Gasteiger partial charge in [0.15, 0.2) is 0 Å². The molecular formula is C94H72N12O34. The van der Waals surface area contributed by atoms with Gasteiger partial charge in [0.05, 0.1) is 97.0 Å². The van der Waals surface area contributed by atoms with Crippen molar-refractivity contribution >= 4 is 176 Å². The van der Waals surface area contributed by atoms with Crippen molar-refractivity contribution in [3.05, 3.63) is 284 Å². The van der Waals surface area contributed by atoms with E-state index in [1.165, 1.54) is 121 Å². The largest absolute Gasteiger partial charge is 0.480 e. The Hall–Kier alpha value is -18.4. The molecule has 0 spiro atoms. The lowest BCUT2D eigenvalue weighted by molar-refractivity contribution is -0.171. The summed E-state index contributed by atoms with van der Waals surface area (Å²) in [7, 11) is 0. The second kappa shape index (κ2) is 40.0. The maximum atomic E-state index is 13.7. The number of hydrogen-bond donors (Lipinski definition) is 10. The number of carbonyl (C=O) groups excluding carboxylic acids is 20. The van der Waals surface area contributed by atoms with Gasteiger partial charge in [0.2, 0.25) is 58.1 Å². The molecule has 46 heteroatoms. The highest BCUT2D eigenvalue weighted by Crippen LogP contribution is 2.49. The number of Topliss-reactive ketones (excluding diaryl/α,β-unsaturated/α-hetero) is 8. The van der Waals surface area contributed by atoms with Crippen LogP contribution in [0.4, 0.5) is 74.3 Å². The van der Waals surface area contributed by atoms with Gasteiger partial charge in [-0.05, 0) is 97.1 Å².